The van der Waals surface area contributed by atoms with Gasteiger partial charge in [-0.1, -0.05) is 25.0 Å². The Balaban J connectivity index is 1.27. The molecule has 0 atom stereocenters. The minimum absolute atomic E-state index is 0.0566. The molecule has 3 aromatic rings. The highest BCUT2D eigenvalue weighted by Crippen LogP contribution is 2.19. The fraction of sp³-hybridized carbons (Fsp3) is 0.292. The average molecular weight is 500 g/mol. The molecule has 1 fully saturated rings. The zero-order valence-corrected chi connectivity index (χ0v) is 19.7. The molecule has 2 aromatic carbocycles. The number of carbonyl (C=O) groups is 2. The number of anilines is 2. The Labute approximate surface area is 202 Å². The van der Waals surface area contributed by atoms with Gasteiger partial charge in [0, 0.05) is 17.9 Å². The number of sulfonamides is 1. The van der Waals surface area contributed by atoms with E-state index in [0.717, 1.165) is 37.8 Å². The summed E-state index contributed by atoms with van der Waals surface area (Å²) in [5, 5.41) is 9.86. The van der Waals surface area contributed by atoms with E-state index >= 15 is 0 Å². The number of benzene rings is 2. The molecule has 35 heavy (non-hydrogen) atoms. The molecule has 0 bridgehead atoms. The van der Waals surface area contributed by atoms with E-state index in [1.807, 2.05) is 0 Å². The van der Waals surface area contributed by atoms with Gasteiger partial charge in [0.1, 0.15) is 12.4 Å². The predicted octanol–water partition coefficient (Wildman–Crippen LogP) is 3.06. The second kappa shape index (κ2) is 10.7. The lowest BCUT2D eigenvalue weighted by Crippen LogP contribution is -2.35. The second-order valence-corrected chi connectivity index (χ2v) is 10.1. The predicted molar refractivity (Wildman–Crippen MR) is 129 cm³/mol. The SMILES string of the molecule is O=C(Cc1ccc(NS(=O)(=O)c2ccc(F)cc2)cc1)Nc1cnn(CC(=O)NC2CCCC2)c1. The van der Waals surface area contributed by atoms with Gasteiger partial charge in [0.25, 0.3) is 10.0 Å². The van der Waals surface area contributed by atoms with Crippen LogP contribution in [-0.4, -0.2) is 36.1 Å². The van der Waals surface area contributed by atoms with Gasteiger partial charge >= 0.3 is 0 Å². The highest BCUT2D eigenvalue weighted by molar-refractivity contribution is 7.92. The summed E-state index contributed by atoms with van der Waals surface area (Å²) in [6.45, 7) is 0.0850. The lowest BCUT2D eigenvalue weighted by atomic mass is 10.1. The molecule has 4 rings (SSSR count). The Morgan fingerprint density at radius 3 is 2.34 bits per heavy atom. The van der Waals surface area contributed by atoms with Crippen LogP contribution in [0.1, 0.15) is 31.2 Å². The van der Waals surface area contributed by atoms with Gasteiger partial charge in [-0.3, -0.25) is 19.0 Å². The first-order chi connectivity index (χ1) is 16.8. The summed E-state index contributed by atoms with van der Waals surface area (Å²) in [7, 11) is -3.85. The molecule has 1 aliphatic carbocycles. The van der Waals surface area contributed by atoms with Crippen molar-refractivity contribution < 1.29 is 22.4 Å². The van der Waals surface area contributed by atoms with Crippen LogP contribution in [0.3, 0.4) is 0 Å². The van der Waals surface area contributed by atoms with E-state index in [1.54, 1.807) is 30.5 Å². The first kappa shape index (κ1) is 24.4. The monoisotopic (exact) mass is 499 g/mol. The third-order valence-corrected chi connectivity index (χ3v) is 7.03. The Morgan fingerprint density at radius 2 is 1.66 bits per heavy atom. The van der Waals surface area contributed by atoms with Crippen LogP contribution in [0.15, 0.2) is 65.8 Å². The highest BCUT2D eigenvalue weighted by Gasteiger charge is 2.18. The molecule has 2 amide bonds. The van der Waals surface area contributed by atoms with Crippen LogP contribution < -0.4 is 15.4 Å². The fourth-order valence-electron chi connectivity index (χ4n) is 3.91. The van der Waals surface area contributed by atoms with Crippen molar-refractivity contribution >= 4 is 33.2 Å². The number of aromatic nitrogens is 2. The van der Waals surface area contributed by atoms with E-state index < -0.39 is 15.8 Å². The number of amides is 2. The molecule has 0 unspecified atom stereocenters. The van der Waals surface area contributed by atoms with Crippen molar-refractivity contribution in [1.82, 2.24) is 15.1 Å². The topological polar surface area (TPSA) is 122 Å². The van der Waals surface area contributed by atoms with E-state index in [9.17, 15) is 22.4 Å². The third-order valence-electron chi connectivity index (χ3n) is 5.64. The van der Waals surface area contributed by atoms with Gasteiger partial charge < -0.3 is 10.6 Å². The molecule has 9 nitrogen and oxygen atoms in total. The maximum atomic E-state index is 13.0. The molecule has 1 aliphatic rings. The first-order valence-electron chi connectivity index (χ1n) is 11.3. The summed E-state index contributed by atoms with van der Waals surface area (Å²) >= 11 is 0. The molecule has 0 radical (unpaired) electrons. The van der Waals surface area contributed by atoms with Crippen LogP contribution in [0.2, 0.25) is 0 Å². The fourth-order valence-corrected chi connectivity index (χ4v) is 4.97. The molecular formula is C24H26FN5O4S. The van der Waals surface area contributed by atoms with Crippen LogP contribution in [0.4, 0.5) is 15.8 Å². The third kappa shape index (κ3) is 6.89. The summed E-state index contributed by atoms with van der Waals surface area (Å²) in [6, 6.07) is 11.1. The van der Waals surface area contributed by atoms with Gasteiger partial charge in [-0.05, 0) is 54.8 Å². The van der Waals surface area contributed by atoms with Crippen LogP contribution in [-0.2, 0) is 32.6 Å². The summed E-state index contributed by atoms with van der Waals surface area (Å²) in [4.78, 5) is 24.5. The molecule has 1 aromatic heterocycles. The number of hydrogen-bond donors (Lipinski definition) is 3. The zero-order valence-electron chi connectivity index (χ0n) is 18.9. The Hall–Kier alpha value is -3.73. The van der Waals surface area contributed by atoms with Crippen LogP contribution in [0, 0.1) is 5.82 Å². The van der Waals surface area contributed by atoms with E-state index in [4.69, 9.17) is 0 Å². The number of halogens is 1. The standard InChI is InChI=1S/C24H26FN5O4S/c25-18-7-11-22(12-8-18)35(33,34)29-20-9-5-17(6-10-20)13-23(31)28-21-14-26-30(15-21)16-24(32)27-19-3-1-2-4-19/h5-12,14-15,19,29H,1-4,13,16H2,(H,27,32)(H,28,31). The molecule has 184 valence electrons. The van der Waals surface area contributed by atoms with E-state index in [2.05, 4.69) is 20.5 Å². The van der Waals surface area contributed by atoms with Gasteiger partial charge in [0.05, 0.1) is 23.2 Å². The summed E-state index contributed by atoms with van der Waals surface area (Å²) in [5.41, 5.74) is 1.47. The average Bonchev–Trinajstić information content (AvgIpc) is 3.47. The maximum absolute atomic E-state index is 13.0. The minimum Gasteiger partial charge on any atom is -0.352 e. The van der Waals surface area contributed by atoms with Gasteiger partial charge in [-0.2, -0.15) is 5.10 Å². The van der Waals surface area contributed by atoms with Crippen LogP contribution >= 0.6 is 0 Å². The number of nitrogens with one attached hydrogen (secondary N) is 3. The molecule has 1 saturated carbocycles. The van der Waals surface area contributed by atoms with Crippen molar-refractivity contribution in [3.8, 4) is 0 Å². The van der Waals surface area contributed by atoms with Crippen molar-refractivity contribution in [3.63, 3.8) is 0 Å². The molecule has 11 heteroatoms. The van der Waals surface area contributed by atoms with E-state index in [-0.39, 0.29) is 35.7 Å². The molecule has 1 heterocycles. The smallest absolute Gasteiger partial charge is 0.261 e. The lowest BCUT2D eigenvalue weighted by molar-refractivity contribution is -0.122. The van der Waals surface area contributed by atoms with Gasteiger partial charge in [0.2, 0.25) is 11.8 Å². The van der Waals surface area contributed by atoms with Crippen molar-refractivity contribution in [2.75, 3.05) is 10.0 Å². The molecule has 0 aliphatic heterocycles. The molecule has 0 spiro atoms. The van der Waals surface area contributed by atoms with Crippen LogP contribution in [0.25, 0.3) is 0 Å². The van der Waals surface area contributed by atoms with Crippen molar-refractivity contribution in [2.24, 2.45) is 0 Å². The Morgan fingerprint density at radius 1 is 0.971 bits per heavy atom. The van der Waals surface area contributed by atoms with Crippen molar-refractivity contribution in [1.29, 1.82) is 0 Å². The van der Waals surface area contributed by atoms with Crippen LogP contribution in [0.5, 0.6) is 0 Å². The maximum Gasteiger partial charge on any atom is 0.261 e. The molecular weight excluding hydrogens is 473 g/mol. The van der Waals surface area contributed by atoms with Gasteiger partial charge in [-0.25, -0.2) is 12.8 Å². The zero-order chi connectivity index (χ0) is 24.8. The first-order valence-corrected chi connectivity index (χ1v) is 12.7. The second-order valence-electron chi connectivity index (χ2n) is 8.46. The Bertz CT molecular complexity index is 1280. The largest absolute Gasteiger partial charge is 0.352 e. The van der Waals surface area contributed by atoms with Gasteiger partial charge in [-0.15, -0.1) is 0 Å². The summed E-state index contributed by atoms with van der Waals surface area (Å²) < 4.78 is 41.7. The van der Waals surface area contributed by atoms with E-state index in [0.29, 0.717) is 16.9 Å². The number of carbonyl (C=O) groups excluding carboxylic acids is 2. The Kier molecular flexibility index (Phi) is 7.45. The molecule has 0 saturated heterocycles. The van der Waals surface area contributed by atoms with Crippen molar-refractivity contribution in [2.45, 2.75) is 49.6 Å². The minimum atomic E-state index is -3.85. The lowest BCUT2D eigenvalue weighted by Gasteiger charge is -2.11. The number of nitrogens with zero attached hydrogens (tertiary/aromatic N) is 2. The summed E-state index contributed by atoms with van der Waals surface area (Å²) in [5.74, 6) is -0.906. The quantitative estimate of drug-likeness (QED) is 0.418. The summed E-state index contributed by atoms with van der Waals surface area (Å²) in [6.07, 6.45) is 7.43. The number of hydrogen-bond acceptors (Lipinski definition) is 5. The highest BCUT2D eigenvalue weighted by atomic mass is 32.2. The normalized spacial score (nSPS) is 14.0. The molecule has 3 N–H and O–H groups in total. The number of rotatable bonds is 9. The van der Waals surface area contributed by atoms with Crippen molar-refractivity contribution in [3.05, 3.63) is 72.3 Å². The van der Waals surface area contributed by atoms with Gasteiger partial charge in [0.15, 0.2) is 0 Å². The van der Waals surface area contributed by atoms with E-state index in [1.165, 1.54) is 23.0 Å².